The van der Waals surface area contributed by atoms with E-state index in [9.17, 15) is 17.2 Å². The van der Waals surface area contributed by atoms with E-state index in [1.165, 1.54) is 10.6 Å². The van der Waals surface area contributed by atoms with Crippen LogP contribution in [0.15, 0.2) is 47.8 Å². The van der Waals surface area contributed by atoms with Crippen LogP contribution in [-0.2, 0) is 10.0 Å². The molecule has 0 bridgehead atoms. The molecular weight excluding hydrogens is 402 g/mol. The van der Waals surface area contributed by atoms with Crippen LogP contribution in [0.5, 0.6) is 0 Å². The summed E-state index contributed by atoms with van der Waals surface area (Å²) in [5.74, 6) is -0.598. The molecule has 0 N–H and O–H groups in total. The maximum Gasteiger partial charge on any atom is 0.243 e. The Labute approximate surface area is 166 Å². The summed E-state index contributed by atoms with van der Waals surface area (Å²) in [6.45, 7) is 2.97. The van der Waals surface area contributed by atoms with Gasteiger partial charge in [0.05, 0.1) is 10.6 Å². The largest absolute Gasteiger partial charge is 0.354 e. The molecule has 0 radical (unpaired) electrons. The Morgan fingerprint density at radius 1 is 0.931 bits per heavy atom. The van der Waals surface area contributed by atoms with Crippen LogP contribution in [0.25, 0.3) is 5.82 Å². The maximum absolute atomic E-state index is 13.4. The van der Waals surface area contributed by atoms with Crippen molar-refractivity contribution in [3.8, 4) is 5.82 Å². The summed E-state index contributed by atoms with van der Waals surface area (Å²) in [4.78, 5) is 10.0. The normalized spacial score (nSPS) is 15.6. The molecule has 1 saturated heterocycles. The number of aryl methyl sites for hydroxylation is 1. The van der Waals surface area contributed by atoms with Gasteiger partial charge < -0.3 is 4.90 Å². The molecule has 1 aliphatic heterocycles. The molecule has 0 amide bonds. The highest BCUT2D eigenvalue weighted by atomic mass is 32.2. The summed E-state index contributed by atoms with van der Waals surface area (Å²) >= 11 is 0. The molecule has 0 saturated carbocycles. The summed E-state index contributed by atoms with van der Waals surface area (Å²) in [5.41, 5.74) is 0.859. The lowest BCUT2D eigenvalue weighted by Gasteiger charge is -2.34. The first-order valence-electron chi connectivity index (χ1n) is 8.89. The predicted octanol–water partition coefficient (Wildman–Crippen LogP) is 1.76. The minimum atomic E-state index is -3.98. The maximum atomic E-state index is 13.4. The van der Waals surface area contributed by atoms with Gasteiger partial charge in [-0.25, -0.2) is 31.8 Å². The number of hydrogen-bond donors (Lipinski definition) is 0. The van der Waals surface area contributed by atoms with E-state index in [2.05, 4.69) is 15.1 Å². The molecule has 29 heavy (non-hydrogen) atoms. The van der Waals surface area contributed by atoms with Crippen LogP contribution >= 0.6 is 0 Å². The number of sulfonamides is 1. The Bertz CT molecular complexity index is 1120. The third-order valence-electron chi connectivity index (χ3n) is 4.63. The fourth-order valence-corrected chi connectivity index (χ4v) is 4.63. The number of aromatic nitrogens is 4. The van der Waals surface area contributed by atoms with Crippen molar-refractivity contribution in [3.05, 3.63) is 60.2 Å². The van der Waals surface area contributed by atoms with Crippen molar-refractivity contribution in [2.24, 2.45) is 0 Å². The van der Waals surface area contributed by atoms with Gasteiger partial charge >= 0.3 is 0 Å². The Balaban J connectivity index is 1.50. The minimum absolute atomic E-state index is 0.167. The first kappa shape index (κ1) is 19.4. The van der Waals surface area contributed by atoms with Gasteiger partial charge in [0.25, 0.3) is 0 Å². The molecule has 3 heterocycles. The quantitative estimate of drug-likeness (QED) is 0.640. The number of piperazine rings is 1. The van der Waals surface area contributed by atoms with E-state index in [0.717, 1.165) is 17.8 Å². The summed E-state index contributed by atoms with van der Waals surface area (Å²) in [6.07, 6.45) is 3.23. The number of hydrogen-bond acceptors (Lipinski definition) is 6. The SMILES string of the molecule is Cc1ccn(-c2cc(N3CCN(S(=O)(=O)c4cc(F)cc(F)c4)CC3)ncn2)n1. The fraction of sp³-hybridized carbons (Fsp3) is 0.278. The average molecular weight is 420 g/mol. The van der Waals surface area contributed by atoms with Gasteiger partial charge in [-0.05, 0) is 25.1 Å². The van der Waals surface area contributed by atoms with Crippen molar-refractivity contribution in [1.82, 2.24) is 24.1 Å². The lowest BCUT2D eigenvalue weighted by molar-refractivity contribution is 0.383. The van der Waals surface area contributed by atoms with Crippen molar-refractivity contribution in [2.75, 3.05) is 31.1 Å². The average Bonchev–Trinajstić information content (AvgIpc) is 3.14. The highest BCUT2D eigenvalue weighted by Gasteiger charge is 2.30. The molecule has 3 aromatic rings. The van der Waals surface area contributed by atoms with Crippen molar-refractivity contribution >= 4 is 15.8 Å². The summed E-state index contributed by atoms with van der Waals surface area (Å²) in [7, 11) is -3.98. The molecule has 152 valence electrons. The van der Waals surface area contributed by atoms with Crippen molar-refractivity contribution < 1.29 is 17.2 Å². The van der Waals surface area contributed by atoms with Crippen molar-refractivity contribution in [2.45, 2.75) is 11.8 Å². The smallest absolute Gasteiger partial charge is 0.243 e. The molecule has 0 aliphatic carbocycles. The van der Waals surface area contributed by atoms with Crippen LogP contribution in [0.4, 0.5) is 14.6 Å². The predicted molar refractivity (Wildman–Crippen MR) is 101 cm³/mol. The van der Waals surface area contributed by atoms with E-state index in [0.29, 0.717) is 30.8 Å². The molecule has 1 aliphatic rings. The van der Waals surface area contributed by atoms with Crippen LogP contribution < -0.4 is 4.90 Å². The van der Waals surface area contributed by atoms with Gasteiger partial charge in [-0.2, -0.15) is 9.40 Å². The highest BCUT2D eigenvalue weighted by molar-refractivity contribution is 7.89. The van der Waals surface area contributed by atoms with E-state index >= 15 is 0 Å². The molecule has 8 nitrogen and oxygen atoms in total. The molecule has 1 fully saturated rings. The Morgan fingerprint density at radius 3 is 2.21 bits per heavy atom. The third-order valence-corrected chi connectivity index (χ3v) is 6.51. The summed E-state index contributed by atoms with van der Waals surface area (Å²) in [6, 6.07) is 5.94. The van der Waals surface area contributed by atoms with E-state index in [1.807, 2.05) is 17.9 Å². The van der Waals surface area contributed by atoms with Gasteiger partial charge in [0.1, 0.15) is 23.8 Å². The second-order valence-corrected chi connectivity index (χ2v) is 8.57. The first-order valence-corrected chi connectivity index (χ1v) is 10.3. The zero-order valence-corrected chi connectivity index (χ0v) is 16.4. The van der Waals surface area contributed by atoms with Gasteiger partial charge in [0.2, 0.25) is 10.0 Å². The van der Waals surface area contributed by atoms with Gasteiger partial charge in [-0.3, -0.25) is 0 Å². The van der Waals surface area contributed by atoms with E-state index in [1.54, 1.807) is 16.9 Å². The summed E-state index contributed by atoms with van der Waals surface area (Å²) < 4.78 is 55.2. The van der Waals surface area contributed by atoms with Crippen molar-refractivity contribution in [3.63, 3.8) is 0 Å². The molecule has 4 rings (SSSR count). The van der Waals surface area contributed by atoms with Gasteiger partial charge in [0, 0.05) is 44.5 Å². The number of rotatable bonds is 4. The lowest BCUT2D eigenvalue weighted by Crippen LogP contribution is -2.49. The van der Waals surface area contributed by atoms with Gasteiger partial charge in [0.15, 0.2) is 5.82 Å². The molecule has 11 heteroatoms. The summed E-state index contributed by atoms with van der Waals surface area (Å²) in [5, 5.41) is 4.32. The van der Waals surface area contributed by atoms with Crippen LogP contribution in [0.2, 0.25) is 0 Å². The highest BCUT2D eigenvalue weighted by Crippen LogP contribution is 2.22. The number of nitrogens with zero attached hydrogens (tertiary/aromatic N) is 6. The molecule has 0 unspecified atom stereocenters. The minimum Gasteiger partial charge on any atom is -0.354 e. The van der Waals surface area contributed by atoms with E-state index in [4.69, 9.17) is 0 Å². The number of anilines is 1. The first-order chi connectivity index (χ1) is 13.8. The second kappa shape index (κ2) is 7.48. The Hall–Kier alpha value is -2.92. The Morgan fingerprint density at radius 2 is 1.59 bits per heavy atom. The van der Waals surface area contributed by atoms with E-state index < -0.39 is 21.7 Å². The number of halogens is 2. The number of benzene rings is 1. The van der Waals surface area contributed by atoms with Crippen LogP contribution in [0, 0.1) is 18.6 Å². The van der Waals surface area contributed by atoms with E-state index in [-0.39, 0.29) is 18.0 Å². The van der Waals surface area contributed by atoms with Crippen LogP contribution in [0.3, 0.4) is 0 Å². The van der Waals surface area contributed by atoms with Gasteiger partial charge in [-0.15, -0.1) is 0 Å². The third kappa shape index (κ3) is 3.96. The second-order valence-electron chi connectivity index (χ2n) is 6.63. The lowest BCUT2D eigenvalue weighted by atomic mass is 10.3. The molecular formula is C18H18F2N6O2S. The Kier molecular flexibility index (Phi) is 5.01. The zero-order valence-electron chi connectivity index (χ0n) is 15.5. The zero-order chi connectivity index (χ0) is 20.6. The monoisotopic (exact) mass is 420 g/mol. The fourth-order valence-electron chi connectivity index (χ4n) is 3.16. The standard InChI is InChI=1S/C18H18F2N6O2S/c1-13-2-3-26(23-13)18-11-17(21-12-22-18)24-4-6-25(7-5-24)29(27,28)16-9-14(19)8-15(20)10-16/h2-3,8-12H,4-7H2,1H3. The van der Waals surface area contributed by atoms with Gasteiger partial charge in [-0.1, -0.05) is 0 Å². The molecule has 0 spiro atoms. The van der Waals surface area contributed by atoms with Crippen LogP contribution in [0.1, 0.15) is 5.69 Å². The van der Waals surface area contributed by atoms with Crippen molar-refractivity contribution in [1.29, 1.82) is 0 Å². The topological polar surface area (TPSA) is 84.2 Å². The molecule has 2 aromatic heterocycles. The molecule has 1 aromatic carbocycles. The van der Waals surface area contributed by atoms with Crippen LogP contribution in [-0.4, -0.2) is 58.7 Å². The molecule has 0 atom stereocenters.